The van der Waals surface area contributed by atoms with E-state index in [9.17, 15) is 19.4 Å². The molecule has 0 bridgehead atoms. The van der Waals surface area contributed by atoms with Crippen LogP contribution in [-0.4, -0.2) is 68.5 Å². The van der Waals surface area contributed by atoms with E-state index in [4.69, 9.17) is 9.05 Å². The van der Waals surface area contributed by atoms with Gasteiger partial charge in [0.2, 0.25) is 5.91 Å². The van der Waals surface area contributed by atoms with Crippen LogP contribution in [0.3, 0.4) is 0 Å². The third-order valence-corrected chi connectivity index (χ3v) is 11.0. The van der Waals surface area contributed by atoms with Crippen LogP contribution in [0.15, 0.2) is 36.5 Å². The molecule has 0 aliphatic rings. The number of phosphoric ester groups is 1. The smallest absolute Gasteiger partial charge is 0.268 e. The first-order valence-corrected chi connectivity index (χ1v) is 24.3. The van der Waals surface area contributed by atoms with E-state index in [1.807, 2.05) is 27.2 Å². The van der Waals surface area contributed by atoms with Gasteiger partial charge < -0.3 is 28.8 Å². The predicted octanol–water partition coefficient (Wildman–Crippen LogP) is 12.1. The zero-order valence-corrected chi connectivity index (χ0v) is 37.5. The molecule has 0 spiro atoms. The number of quaternary nitrogens is 1. The van der Waals surface area contributed by atoms with Crippen molar-refractivity contribution in [2.45, 2.75) is 212 Å². The second-order valence-electron chi connectivity index (χ2n) is 16.7. The lowest BCUT2D eigenvalue weighted by atomic mass is 10.0. The van der Waals surface area contributed by atoms with Crippen LogP contribution in [0.1, 0.15) is 200 Å². The Kier molecular flexibility index (Phi) is 37.4. The lowest BCUT2D eigenvalue weighted by Gasteiger charge is -2.29. The Balaban J connectivity index is 4.24. The first-order valence-electron chi connectivity index (χ1n) is 22.9. The fourth-order valence-corrected chi connectivity index (χ4v) is 7.12. The van der Waals surface area contributed by atoms with Crippen LogP contribution in [0.25, 0.3) is 0 Å². The van der Waals surface area contributed by atoms with E-state index in [0.29, 0.717) is 17.4 Å². The average Bonchev–Trinajstić information content (AvgIpc) is 3.13. The number of carbonyl (C=O) groups is 1. The highest BCUT2D eigenvalue weighted by Crippen LogP contribution is 2.38. The van der Waals surface area contributed by atoms with Gasteiger partial charge in [-0.15, -0.1) is 0 Å². The number of nitrogens with zero attached hydrogens (tertiary/aromatic N) is 1. The van der Waals surface area contributed by atoms with Gasteiger partial charge >= 0.3 is 0 Å². The number of rotatable bonds is 41. The Bertz CT molecular complexity index is 995. The molecule has 3 unspecified atom stereocenters. The molecular formula is C46H89N2O6P. The molecule has 0 saturated heterocycles. The number of likely N-dealkylation sites (N-methyl/N-ethyl adjacent to an activating group) is 1. The van der Waals surface area contributed by atoms with Crippen LogP contribution >= 0.6 is 7.82 Å². The number of aliphatic hydroxyl groups is 1. The summed E-state index contributed by atoms with van der Waals surface area (Å²) in [7, 11) is 1.24. The average molecular weight is 797 g/mol. The van der Waals surface area contributed by atoms with Crippen molar-refractivity contribution in [1.82, 2.24) is 5.32 Å². The normalized spacial score (nSPS) is 14.7. The van der Waals surface area contributed by atoms with Crippen molar-refractivity contribution >= 4 is 13.7 Å². The Morgan fingerprint density at radius 1 is 0.618 bits per heavy atom. The molecule has 0 aromatic carbocycles. The topological polar surface area (TPSA) is 108 Å². The number of amides is 1. The van der Waals surface area contributed by atoms with Crippen molar-refractivity contribution in [2.24, 2.45) is 0 Å². The van der Waals surface area contributed by atoms with Crippen molar-refractivity contribution in [3.63, 3.8) is 0 Å². The van der Waals surface area contributed by atoms with Crippen molar-refractivity contribution in [1.29, 1.82) is 0 Å². The van der Waals surface area contributed by atoms with Gasteiger partial charge in [-0.2, -0.15) is 0 Å². The van der Waals surface area contributed by atoms with E-state index in [-0.39, 0.29) is 12.5 Å². The fraction of sp³-hybridized carbons (Fsp3) is 0.848. The molecule has 3 atom stereocenters. The predicted molar refractivity (Wildman–Crippen MR) is 233 cm³/mol. The maximum Gasteiger partial charge on any atom is 0.268 e. The van der Waals surface area contributed by atoms with Crippen LogP contribution in [0, 0.1) is 0 Å². The number of nitrogens with one attached hydrogen (secondary N) is 1. The van der Waals surface area contributed by atoms with Crippen LogP contribution in [0.4, 0.5) is 0 Å². The Morgan fingerprint density at radius 3 is 1.49 bits per heavy atom. The van der Waals surface area contributed by atoms with E-state index in [0.717, 1.165) is 38.5 Å². The van der Waals surface area contributed by atoms with E-state index in [1.54, 1.807) is 6.08 Å². The molecule has 0 rings (SSSR count). The maximum absolute atomic E-state index is 12.8. The number of hydrogen-bond acceptors (Lipinski definition) is 6. The summed E-state index contributed by atoms with van der Waals surface area (Å²) in [5.74, 6) is -0.210. The lowest BCUT2D eigenvalue weighted by molar-refractivity contribution is -0.870. The number of carbonyl (C=O) groups excluding carboxylic acids is 1. The summed E-state index contributed by atoms with van der Waals surface area (Å²) in [6.45, 7) is 4.58. The summed E-state index contributed by atoms with van der Waals surface area (Å²) >= 11 is 0. The van der Waals surface area contributed by atoms with Gasteiger partial charge in [-0.05, 0) is 57.8 Å². The van der Waals surface area contributed by atoms with E-state index >= 15 is 0 Å². The Hall–Kier alpha value is -1.28. The molecule has 0 fully saturated rings. The van der Waals surface area contributed by atoms with Gasteiger partial charge in [-0.25, -0.2) is 0 Å². The summed E-state index contributed by atoms with van der Waals surface area (Å²) < 4.78 is 23.1. The largest absolute Gasteiger partial charge is 0.756 e. The number of aliphatic hydroxyl groups excluding tert-OH is 1. The second kappa shape index (κ2) is 38.2. The highest BCUT2D eigenvalue weighted by Gasteiger charge is 2.23. The minimum atomic E-state index is -4.59. The van der Waals surface area contributed by atoms with Crippen molar-refractivity contribution in [2.75, 3.05) is 40.9 Å². The molecule has 0 heterocycles. The van der Waals surface area contributed by atoms with Crippen LogP contribution in [0.2, 0.25) is 0 Å². The molecule has 9 heteroatoms. The molecule has 0 aliphatic heterocycles. The first kappa shape index (κ1) is 53.7. The third kappa shape index (κ3) is 40.7. The molecule has 0 aromatic rings. The van der Waals surface area contributed by atoms with Gasteiger partial charge in [-0.3, -0.25) is 9.36 Å². The molecule has 1 amide bonds. The molecular weight excluding hydrogens is 707 g/mol. The van der Waals surface area contributed by atoms with E-state index in [1.165, 1.54) is 141 Å². The molecule has 0 aromatic heterocycles. The molecule has 55 heavy (non-hydrogen) atoms. The molecule has 8 nitrogen and oxygen atoms in total. The minimum absolute atomic E-state index is 0.00652. The van der Waals surface area contributed by atoms with Gasteiger partial charge in [0.15, 0.2) is 0 Å². The molecule has 0 aliphatic carbocycles. The fourth-order valence-electron chi connectivity index (χ4n) is 6.40. The Labute approximate surface area is 340 Å². The van der Waals surface area contributed by atoms with E-state index < -0.39 is 26.6 Å². The van der Waals surface area contributed by atoms with Gasteiger partial charge in [0.25, 0.3) is 7.82 Å². The SMILES string of the molecule is CCCCCC/C=C/CC/C=C/C(O)C(COP(=O)([O-])OCC[N+](C)(C)C)NC(=O)CCCCCCCCCCCCC/C=C\CCCCCCCCCC. The van der Waals surface area contributed by atoms with E-state index in [2.05, 4.69) is 43.5 Å². The number of unbranched alkanes of at least 4 members (excludes halogenated alkanes) is 24. The van der Waals surface area contributed by atoms with Gasteiger partial charge in [0.05, 0.1) is 39.9 Å². The van der Waals surface area contributed by atoms with Crippen molar-refractivity contribution in [3.8, 4) is 0 Å². The maximum atomic E-state index is 12.8. The number of hydrogen-bond donors (Lipinski definition) is 2. The Morgan fingerprint density at radius 2 is 1.02 bits per heavy atom. The summed E-state index contributed by atoms with van der Waals surface area (Å²) in [4.78, 5) is 25.2. The summed E-state index contributed by atoms with van der Waals surface area (Å²) in [5.41, 5.74) is 0. The van der Waals surface area contributed by atoms with Crippen molar-refractivity contribution in [3.05, 3.63) is 36.5 Å². The summed E-state index contributed by atoms with van der Waals surface area (Å²) in [6, 6.07) is -0.900. The monoisotopic (exact) mass is 797 g/mol. The lowest BCUT2D eigenvalue weighted by Crippen LogP contribution is -2.45. The minimum Gasteiger partial charge on any atom is -0.756 e. The number of phosphoric acid groups is 1. The molecule has 0 radical (unpaired) electrons. The molecule has 324 valence electrons. The standard InChI is InChI=1S/C46H89N2O6P/c1-6-8-10-12-14-16-18-19-20-21-22-23-24-25-26-27-28-29-30-32-34-36-38-40-46(50)47-44(43-54-55(51,52)53-42-41-48(3,4)5)45(49)39-37-35-33-31-17-15-13-11-9-7-2/h17,21-22,31,37,39,44-45,49H,6-16,18-20,23-30,32-36,38,40-43H2,1-5H3,(H-,47,50,51,52)/b22-21-,31-17+,39-37+. The van der Waals surface area contributed by atoms with Crippen LogP contribution in [0.5, 0.6) is 0 Å². The summed E-state index contributed by atoms with van der Waals surface area (Å²) in [6.07, 6.45) is 46.4. The highest BCUT2D eigenvalue weighted by molar-refractivity contribution is 7.45. The van der Waals surface area contributed by atoms with Crippen LogP contribution < -0.4 is 10.2 Å². The van der Waals surface area contributed by atoms with Crippen LogP contribution in [-0.2, 0) is 18.4 Å². The zero-order valence-electron chi connectivity index (χ0n) is 36.6. The first-order chi connectivity index (χ1) is 26.5. The van der Waals surface area contributed by atoms with Gasteiger partial charge in [0, 0.05) is 6.42 Å². The highest BCUT2D eigenvalue weighted by atomic mass is 31.2. The zero-order chi connectivity index (χ0) is 40.7. The number of allylic oxidation sites excluding steroid dienone is 5. The third-order valence-electron chi connectivity index (χ3n) is 10.1. The molecule has 2 N–H and O–H groups in total. The van der Waals surface area contributed by atoms with Gasteiger partial charge in [-0.1, -0.05) is 172 Å². The summed E-state index contributed by atoms with van der Waals surface area (Å²) in [5, 5.41) is 13.7. The second-order valence-corrected chi connectivity index (χ2v) is 18.2. The molecule has 0 saturated carbocycles. The van der Waals surface area contributed by atoms with Gasteiger partial charge in [0.1, 0.15) is 13.2 Å². The quantitative estimate of drug-likeness (QED) is 0.0276. The van der Waals surface area contributed by atoms with Crippen molar-refractivity contribution < 1.29 is 32.9 Å².